The van der Waals surface area contributed by atoms with E-state index in [9.17, 15) is 18.0 Å². The molecule has 0 spiro atoms. The van der Waals surface area contributed by atoms with Crippen LogP contribution in [0.2, 0.25) is 0 Å². The highest BCUT2D eigenvalue weighted by molar-refractivity contribution is 6.06. The predicted molar refractivity (Wildman–Crippen MR) is 95.1 cm³/mol. The van der Waals surface area contributed by atoms with Crippen LogP contribution in [0, 0.1) is 0 Å². The molecule has 0 aliphatic rings. The minimum atomic E-state index is -4.85. The Hall–Kier alpha value is -4.02. The highest BCUT2D eigenvalue weighted by Gasteiger charge is 2.32. The number of hydrogen-bond donors (Lipinski definition) is 1. The number of carbonyl (C=O) groups is 1. The molecule has 0 atom stereocenters. The summed E-state index contributed by atoms with van der Waals surface area (Å²) in [5, 5.41) is 9.97. The van der Waals surface area contributed by atoms with E-state index in [1.807, 2.05) is 0 Å². The molecule has 0 aliphatic carbocycles. The molecule has 4 rings (SSSR count). The number of para-hydroxylation sites is 1. The lowest BCUT2D eigenvalue weighted by Gasteiger charge is -2.11. The first-order valence-electron chi connectivity index (χ1n) is 8.18. The van der Waals surface area contributed by atoms with Crippen LogP contribution in [0.5, 0.6) is 5.75 Å². The second kappa shape index (κ2) is 7.19. The van der Waals surface area contributed by atoms with Gasteiger partial charge in [0.1, 0.15) is 5.75 Å². The van der Waals surface area contributed by atoms with E-state index in [-0.39, 0.29) is 28.4 Å². The number of anilines is 1. The average molecular weight is 400 g/mol. The highest BCUT2D eigenvalue weighted by atomic mass is 19.4. The van der Waals surface area contributed by atoms with E-state index < -0.39 is 18.0 Å². The molecule has 1 amide bonds. The molecule has 4 aromatic rings. The van der Waals surface area contributed by atoms with Crippen LogP contribution in [0.25, 0.3) is 16.9 Å². The van der Waals surface area contributed by atoms with Gasteiger partial charge in [-0.25, -0.2) is 9.97 Å². The molecule has 0 radical (unpaired) electrons. The largest absolute Gasteiger partial charge is 0.573 e. The molecule has 8 nitrogen and oxygen atoms in total. The highest BCUT2D eigenvalue weighted by Crippen LogP contribution is 2.33. The number of ether oxygens (including phenoxy) is 1. The summed E-state index contributed by atoms with van der Waals surface area (Å²) in [7, 11) is 0. The lowest BCUT2D eigenvalue weighted by Crippen LogP contribution is -2.17. The molecule has 1 N–H and O–H groups in total. The standard InChI is InChI=1S/C18H11F3N6O2/c19-18(20,21)29-13-5-2-1-4-11(13)12-10-27-9-8-22-15(16(27)24-12)17(28)25-14-6-3-7-23-26-14/h1-10H,(H,25,26,28). The number of benzene rings is 1. The van der Waals surface area contributed by atoms with Gasteiger partial charge < -0.3 is 14.5 Å². The fraction of sp³-hybridized carbons (Fsp3) is 0.0556. The number of nitrogens with one attached hydrogen (secondary N) is 1. The smallest absolute Gasteiger partial charge is 0.405 e. The summed E-state index contributed by atoms with van der Waals surface area (Å²) < 4.78 is 43.7. The number of rotatable bonds is 4. The van der Waals surface area contributed by atoms with Crippen LogP contribution in [0.3, 0.4) is 0 Å². The second-order valence-electron chi connectivity index (χ2n) is 5.74. The van der Waals surface area contributed by atoms with Gasteiger partial charge in [-0.1, -0.05) is 12.1 Å². The summed E-state index contributed by atoms with van der Waals surface area (Å²) >= 11 is 0. The number of fused-ring (bicyclic) bond motifs is 1. The molecule has 29 heavy (non-hydrogen) atoms. The Kier molecular flexibility index (Phi) is 4.55. The third kappa shape index (κ3) is 3.98. The van der Waals surface area contributed by atoms with Gasteiger partial charge in [0.25, 0.3) is 5.91 Å². The number of nitrogens with zero attached hydrogens (tertiary/aromatic N) is 5. The van der Waals surface area contributed by atoms with Crippen molar-refractivity contribution >= 4 is 17.4 Å². The minimum absolute atomic E-state index is 0.0291. The molecule has 3 aromatic heterocycles. The maximum absolute atomic E-state index is 12.7. The summed E-state index contributed by atoms with van der Waals surface area (Å²) in [5.74, 6) is -0.771. The van der Waals surface area contributed by atoms with Crippen LogP contribution in [0.4, 0.5) is 19.0 Å². The van der Waals surface area contributed by atoms with Crippen LogP contribution in [-0.2, 0) is 0 Å². The van der Waals surface area contributed by atoms with Gasteiger partial charge in [0.2, 0.25) is 0 Å². The van der Waals surface area contributed by atoms with Crippen LogP contribution in [0.15, 0.2) is 61.2 Å². The van der Waals surface area contributed by atoms with E-state index in [1.165, 1.54) is 47.4 Å². The zero-order valence-electron chi connectivity index (χ0n) is 14.5. The van der Waals surface area contributed by atoms with Crippen molar-refractivity contribution < 1.29 is 22.7 Å². The van der Waals surface area contributed by atoms with E-state index in [1.54, 1.807) is 18.2 Å². The lowest BCUT2D eigenvalue weighted by molar-refractivity contribution is -0.274. The van der Waals surface area contributed by atoms with Crippen molar-refractivity contribution in [1.29, 1.82) is 0 Å². The number of carbonyl (C=O) groups excluding carboxylic acids is 1. The zero-order valence-corrected chi connectivity index (χ0v) is 14.5. The van der Waals surface area contributed by atoms with Crippen molar-refractivity contribution in [3.8, 4) is 17.0 Å². The molecule has 0 fully saturated rings. The van der Waals surface area contributed by atoms with Crippen molar-refractivity contribution in [2.24, 2.45) is 0 Å². The molecule has 0 bridgehead atoms. The Morgan fingerprint density at radius 2 is 1.93 bits per heavy atom. The Morgan fingerprint density at radius 1 is 1.10 bits per heavy atom. The van der Waals surface area contributed by atoms with Crippen LogP contribution in [0.1, 0.15) is 10.5 Å². The SMILES string of the molecule is O=C(Nc1cccnn1)c1nccn2cc(-c3ccccc3OC(F)(F)F)nc12. The fourth-order valence-corrected chi connectivity index (χ4v) is 2.65. The number of halogens is 3. The van der Waals surface area contributed by atoms with Crippen LogP contribution in [-0.4, -0.2) is 36.8 Å². The number of aromatic nitrogens is 5. The van der Waals surface area contributed by atoms with Crippen molar-refractivity contribution in [2.45, 2.75) is 6.36 Å². The molecule has 0 aliphatic heterocycles. The summed E-state index contributed by atoms with van der Waals surface area (Å²) in [6.45, 7) is 0. The van der Waals surface area contributed by atoms with E-state index in [0.29, 0.717) is 0 Å². The van der Waals surface area contributed by atoms with Gasteiger partial charge in [-0.15, -0.1) is 18.3 Å². The second-order valence-corrected chi connectivity index (χ2v) is 5.74. The van der Waals surface area contributed by atoms with Crippen LogP contribution >= 0.6 is 0 Å². The Labute approximate surface area is 161 Å². The topological polar surface area (TPSA) is 94.3 Å². The quantitative estimate of drug-likeness (QED) is 0.565. The molecule has 11 heteroatoms. The Balaban J connectivity index is 1.73. The molecule has 3 heterocycles. The number of alkyl halides is 3. The number of amides is 1. The van der Waals surface area contributed by atoms with Gasteiger partial charge in [0.05, 0.1) is 5.69 Å². The summed E-state index contributed by atoms with van der Waals surface area (Å²) in [4.78, 5) is 20.9. The van der Waals surface area contributed by atoms with E-state index >= 15 is 0 Å². The third-order valence-electron chi connectivity index (χ3n) is 3.79. The Bertz CT molecular complexity index is 1180. The minimum Gasteiger partial charge on any atom is -0.405 e. The van der Waals surface area contributed by atoms with Crippen molar-refractivity contribution in [1.82, 2.24) is 24.6 Å². The van der Waals surface area contributed by atoms with E-state index in [2.05, 4.69) is 30.2 Å². The Morgan fingerprint density at radius 3 is 2.69 bits per heavy atom. The first kappa shape index (κ1) is 18.3. The maximum Gasteiger partial charge on any atom is 0.573 e. The predicted octanol–water partition coefficient (Wildman–Crippen LogP) is 3.34. The molecule has 0 unspecified atom stereocenters. The summed E-state index contributed by atoms with van der Waals surface area (Å²) in [5.41, 5.74) is 0.435. The first-order chi connectivity index (χ1) is 13.9. The summed E-state index contributed by atoms with van der Waals surface area (Å²) in [6.07, 6.45) is 0.990. The molecule has 1 aromatic carbocycles. The molecule has 0 saturated heterocycles. The fourth-order valence-electron chi connectivity index (χ4n) is 2.65. The van der Waals surface area contributed by atoms with Crippen molar-refractivity contribution in [2.75, 3.05) is 5.32 Å². The normalized spacial score (nSPS) is 11.4. The monoisotopic (exact) mass is 400 g/mol. The first-order valence-corrected chi connectivity index (χ1v) is 8.18. The van der Waals surface area contributed by atoms with Gasteiger partial charge >= 0.3 is 6.36 Å². The number of hydrogen-bond acceptors (Lipinski definition) is 6. The lowest BCUT2D eigenvalue weighted by atomic mass is 10.1. The van der Waals surface area contributed by atoms with Crippen LogP contribution < -0.4 is 10.1 Å². The van der Waals surface area contributed by atoms with Gasteiger partial charge in [0, 0.05) is 30.4 Å². The van der Waals surface area contributed by atoms with Gasteiger partial charge in [-0.3, -0.25) is 4.79 Å². The number of imidazole rings is 1. The zero-order chi connectivity index (χ0) is 20.4. The van der Waals surface area contributed by atoms with Crippen molar-refractivity contribution in [3.05, 3.63) is 66.9 Å². The summed E-state index contributed by atoms with van der Waals surface area (Å²) in [6, 6.07) is 8.75. The third-order valence-corrected chi connectivity index (χ3v) is 3.79. The molecular formula is C18H11F3N6O2. The average Bonchev–Trinajstić information content (AvgIpc) is 3.12. The van der Waals surface area contributed by atoms with Gasteiger partial charge in [0.15, 0.2) is 17.2 Å². The molecule has 0 saturated carbocycles. The maximum atomic E-state index is 12.7. The van der Waals surface area contributed by atoms with Gasteiger partial charge in [-0.05, 0) is 24.3 Å². The molecule has 146 valence electrons. The molecular weight excluding hydrogens is 389 g/mol. The van der Waals surface area contributed by atoms with E-state index in [4.69, 9.17) is 0 Å². The van der Waals surface area contributed by atoms with Crippen molar-refractivity contribution in [3.63, 3.8) is 0 Å². The van der Waals surface area contributed by atoms with E-state index in [0.717, 1.165) is 0 Å². The van der Waals surface area contributed by atoms with Gasteiger partial charge in [-0.2, -0.15) is 5.10 Å².